The average molecular weight is 285 g/mol. The van der Waals surface area contributed by atoms with Gasteiger partial charge in [0.2, 0.25) is 0 Å². The molecule has 0 radical (unpaired) electrons. The molecule has 6 unspecified atom stereocenters. The second kappa shape index (κ2) is 4.56. The fraction of sp³-hybridized carbons (Fsp3) is 1.00. The van der Waals surface area contributed by atoms with Crippen molar-refractivity contribution in [1.29, 1.82) is 5.16 Å². The van der Waals surface area contributed by atoms with Gasteiger partial charge < -0.3 is 4.89 Å². The van der Waals surface area contributed by atoms with E-state index in [1.165, 1.54) is 38.5 Å². The van der Waals surface area contributed by atoms with Crippen molar-refractivity contribution in [3.8, 4) is 0 Å². The molecule has 4 aliphatic rings. The molecule has 4 saturated carbocycles. The van der Waals surface area contributed by atoms with Crippen molar-refractivity contribution in [2.24, 2.45) is 23.7 Å². The van der Waals surface area contributed by atoms with E-state index in [2.05, 4.69) is 0 Å². The highest BCUT2D eigenvalue weighted by Gasteiger charge is 2.45. The SMILES string of the molecule is N=P(O)(OC1CC2CCC1C2)OC1CC2CCC1C2. The minimum absolute atomic E-state index is 0.0909. The summed E-state index contributed by atoms with van der Waals surface area (Å²) in [6.45, 7) is 0. The lowest BCUT2D eigenvalue weighted by Crippen LogP contribution is -2.23. The Hall–Kier alpha value is 0.110. The number of nitrogens with one attached hydrogen (secondary N) is 1. The van der Waals surface area contributed by atoms with Crippen LogP contribution in [0.5, 0.6) is 0 Å². The second-order valence-electron chi connectivity index (χ2n) is 7.16. The molecular formula is C14H24NO3P. The Labute approximate surface area is 115 Å². The topological polar surface area (TPSA) is 62.5 Å². The minimum atomic E-state index is -3.35. The zero-order valence-electron chi connectivity index (χ0n) is 11.3. The molecule has 0 amide bonds. The predicted octanol–water partition coefficient (Wildman–Crippen LogP) is 3.91. The maximum absolute atomic E-state index is 10.2. The minimum Gasteiger partial charge on any atom is -0.319 e. The van der Waals surface area contributed by atoms with E-state index in [-0.39, 0.29) is 12.2 Å². The molecule has 4 bridgehead atoms. The van der Waals surface area contributed by atoms with Crippen LogP contribution in [0, 0.1) is 28.8 Å². The molecular weight excluding hydrogens is 261 g/mol. The molecule has 19 heavy (non-hydrogen) atoms. The zero-order chi connectivity index (χ0) is 13.0. The molecule has 0 aliphatic heterocycles. The van der Waals surface area contributed by atoms with E-state index in [0.29, 0.717) is 11.8 Å². The van der Waals surface area contributed by atoms with Crippen LogP contribution in [0.4, 0.5) is 0 Å². The fourth-order valence-electron chi connectivity index (χ4n) is 5.02. The summed E-state index contributed by atoms with van der Waals surface area (Å²) in [7, 11) is -3.35. The highest BCUT2D eigenvalue weighted by atomic mass is 31.2. The van der Waals surface area contributed by atoms with Crippen LogP contribution in [0.1, 0.15) is 51.4 Å². The van der Waals surface area contributed by atoms with E-state index in [0.717, 1.165) is 24.7 Å². The quantitative estimate of drug-likeness (QED) is 0.770. The van der Waals surface area contributed by atoms with Gasteiger partial charge in [-0.3, -0.25) is 9.05 Å². The van der Waals surface area contributed by atoms with E-state index in [1.54, 1.807) is 0 Å². The summed E-state index contributed by atoms with van der Waals surface area (Å²) >= 11 is 0. The van der Waals surface area contributed by atoms with Gasteiger partial charge >= 0.3 is 7.74 Å². The molecule has 4 nitrogen and oxygen atoms in total. The highest BCUT2D eigenvalue weighted by molar-refractivity contribution is 7.48. The van der Waals surface area contributed by atoms with Gasteiger partial charge in [-0.1, -0.05) is 0 Å². The summed E-state index contributed by atoms with van der Waals surface area (Å²) in [5.74, 6) is 2.70. The summed E-state index contributed by atoms with van der Waals surface area (Å²) in [5, 5.41) is 8.04. The first kappa shape index (κ1) is 12.8. The molecule has 0 saturated heterocycles. The molecule has 0 spiro atoms. The molecule has 6 atom stereocenters. The van der Waals surface area contributed by atoms with Crippen molar-refractivity contribution < 1.29 is 13.9 Å². The first-order valence-corrected chi connectivity index (χ1v) is 9.40. The third-order valence-electron chi connectivity index (χ3n) is 5.90. The van der Waals surface area contributed by atoms with Gasteiger partial charge in [0.05, 0.1) is 12.2 Å². The van der Waals surface area contributed by atoms with E-state index in [9.17, 15) is 4.89 Å². The van der Waals surface area contributed by atoms with Crippen LogP contribution in [0.3, 0.4) is 0 Å². The molecule has 0 heterocycles. The van der Waals surface area contributed by atoms with Crippen molar-refractivity contribution in [3.05, 3.63) is 0 Å². The van der Waals surface area contributed by atoms with Gasteiger partial charge in [-0.15, -0.1) is 0 Å². The summed E-state index contributed by atoms with van der Waals surface area (Å²) in [6, 6.07) is 0. The van der Waals surface area contributed by atoms with Gasteiger partial charge in [-0.25, -0.2) is 5.16 Å². The lowest BCUT2D eigenvalue weighted by molar-refractivity contribution is 0.0536. The van der Waals surface area contributed by atoms with Crippen molar-refractivity contribution in [3.63, 3.8) is 0 Å². The normalized spacial score (nSPS) is 50.8. The maximum atomic E-state index is 10.2. The largest absolute Gasteiger partial charge is 0.350 e. The monoisotopic (exact) mass is 285 g/mol. The second-order valence-corrected chi connectivity index (χ2v) is 8.62. The molecule has 5 heteroatoms. The fourth-order valence-corrected chi connectivity index (χ4v) is 6.32. The third kappa shape index (κ3) is 2.42. The van der Waals surface area contributed by atoms with Crippen LogP contribution in [-0.4, -0.2) is 17.1 Å². The number of fused-ring (bicyclic) bond motifs is 4. The molecule has 4 fully saturated rings. The van der Waals surface area contributed by atoms with E-state index < -0.39 is 7.74 Å². The van der Waals surface area contributed by atoms with Crippen molar-refractivity contribution >= 4 is 7.74 Å². The Kier molecular flexibility index (Phi) is 3.07. The first-order chi connectivity index (χ1) is 9.09. The van der Waals surface area contributed by atoms with Gasteiger partial charge in [0, 0.05) is 0 Å². The predicted molar refractivity (Wildman–Crippen MR) is 72.5 cm³/mol. The maximum Gasteiger partial charge on any atom is 0.350 e. The first-order valence-electron chi connectivity index (χ1n) is 7.83. The standard InChI is InChI=1S/C14H24NO3P/c15-19(16,17-13-7-9-1-3-11(13)5-9)18-14-8-10-2-4-12(14)6-10/h9-14H,1-8H2,(H2,15,16). The zero-order valence-corrected chi connectivity index (χ0v) is 12.2. The van der Waals surface area contributed by atoms with Gasteiger partial charge in [0.15, 0.2) is 0 Å². The van der Waals surface area contributed by atoms with Gasteiger partial charge in [0.25, 0.3) is 0 Å². The summed E-state index contributed by atoms with van der Waals surface area (Å²) in [4.78, 5) is 10.2. The van der Waals surface area contributed by atoms with Gasteiger partial charge in [-0.2, -0.15) is 0 Å². The third-order valence-corrected chi connectivity index (χ3v) is 7.02. The Morgan fingerprint density at radius 2 is 1.26 bits per heavy atom. The Morgan fingerprint density at radius 3 is 1.58 bits per heavy atom. The molecule has 108 valence electrons. The molecule has 0 aromatic carbocycles. The van der Waals surface area contributed by atoms with Gasteiger partial charge in [0.1, 0.15) is 0 Å². The Bertz CT molecular complexity index is 381. The lowest BCUT2D eigenvalue weighted by atomic mass is 9.98. The van der Waals surface area contributed by atoms with Crippen LogP contribution in [0.25, 0.3) is 0 Å². The van der Waals surface area contributed by atoms with Crippen molar-refractivity contribution in [2.75, 3.05) is 0 Å². The highest BCUT2D eigenvalue weighted by Crippen LogP contribution is 2.58. The van der Waals surface area contributed by atoms with Gasteiger partial charge in [-0.05, 0) is 75.0 Å². The number of hydrogen-bond donors (Lipinski definition) is 2. The van der Waals surface area contributed by atoms with Crippen molar-refractivity contribution in [1.82, 2.24) is 0 Å². The molecule has 0 aromatic rings. The van der Waals surface area contributed by atoms with Crippen LogP contribution in [0.15, 0.2) is 0 Å². The summed E-state index contributed by atoms with van der Waals surface area (Å²) in [6.07, 6.45) is 9.77. The van der Waals surface area contributed by atoms with Crippen LogP contribution < -0.4 is 0 Å². The number of hydrogen-bond acceptors (Lipinski definition) is 3. The van der Waals surface area contributed by atoms with Crippen LogP contribution in [-0.2, 0) is 9.05 Å². The van der Waals surface area contributed by atoms with Crippen molar-refractivity contribution in [2.45, 2.75) is 63.6 Å². The van der Waals surface area contributed by atoms with Crippen LogP contribution in [0.2, 0.25) is 0 Å². The molecule has 4 rings (SSSR count). The average Bonchev–Trinajstić information content (AvgIpc) is 3.06. The lowest BCUT2D eigenvalue weighted by Gasteiger charge is -2.30. The number of rotatable bonds is 4. The Morgan fingerprint density at radius 1 is 0.789 bits per heavy atom. The van der Waals surface area contributed by atoms with E-state index in [1.807, 2.05) is 0 Å². The van der Waals surface area contributed by atoms with E-state index in [4.69, 9.17) is 14.2 Å². The molecule has 0 aromatic heterocycles. The Balaban J connectivity index is 1.36. The molecule has 2 N–H and O–H groups in total. The smallest absolute Gasteiger partial charge is 0.319 e. The van der Waals surface area contributed by atoms with Crippen LogP contribution >= 0.6 is 7.74 Å². The summed E-state index contributed by atoms with van der Waals surface area (Å²) in [5.41, 5.74) is 0. The molecule has 4 aliphatic carbocycles. The van der Waals surface area contributed by atoms with E-state index >= 15 is 0 Å². The summed E-state index contributed by atoms with van der Waals surface area (Å²) < 4.78 is 11.4.